The molecule has 12 heavy (non-hydrogen) atoms. The molecule has 0 unspecified atom stereocenters. The summed E-state index contributed by atoms with van der Waals surface area (Å²) in [4.78, 5) is 0. The van der Waals surface area contributed by atoms with E-state index in [9.17, 15) is 0 Å². The lowest BCUT2D eigenvalue weighted by molar-refractivity contribution is 0.637. The van der Waals surface area contributed by atoms with Crippen LogP contribution < -0.4 is 0 Å². The molecule has 0 fully saturated rings. The van der Waals surface area contributed by atoms with E-state index in [0.29, 0.717) is 0 Å². The van der Waals surface area contributed by atoms with Crippen molar-refractivity contribution in [3.8, 4) is 0 Å². The van der Waals surface area contributed by atoms with E-state index in [-0.39, 0.29) is 0 Å². The average Bonchev–Trinajstić information content (AvgIpc) is 2.10. The van der Waals surface area contributed by atoms with Crippen LogP contribution in [-0.2, 0) is 0 Å². The maximum atomic E-state index is 3.40. The van der Waals surface area contributed by atoms with Gasteiger partial charge in [-0.1, -0.05) is 60.7 Å². The van der Waals surface area contributed by atoms with Crippen LogP contribution in [0.15, 0.2) is 12.2 Å². The zero-order valence-corrected chi connectivity index (χ0v) is 9.78. The minimum absolute atomic E-state index is 1.10. The van der Waals surface area contributed by atoms with Crippen LogP contribution in [0.1, 0.15) is 51.9 Å². The maximum Gasteiger partial charge on any atom is 0.00659 e. The molecule has 0 atom stereocenters. The Morgan fingerprint density at radius 2 is 1.58 bits per heavy atom. The van der Waals surface area contributed by atoms with Gasteiger partial charge in [0.15, 0.2) is 0 Å². The Balaban J connectivity index is 2.90. The van der Waals surface area contributed by atoms with E-state index in [4.69, 9.17) is 0 Å². The smallest absolute Gasteiger partial charge is 0.00659 e. The van der Waals surface area contributed by atoms with Crippen molar-refractivity contribution < 1.29 is 0 Å². The highest BCUT2D eigenvalue weighted by Gasteiger charge is 1.85. The molecule has 0 aromatic rings. The van der Waals surface area contributed by atoms with Gasteiger partial charge in [-0.2, -0.15) is 0 Å². The third-order valence-electron chi connectivity index (χ3n) is 1.92. The molecule has 0 aliphatic heterocycles. The van der Waals surface area contributed by atoms with Crippen LogP contribution in [0.2, 0.25) is 0 Å². The minimum Gasteiger partial charge on any atom is -0.0925 e. The summed E-state index contributed by atoms with van der Waals surface area (Å²) in [7, 11) is 0. The van der Waals surface area contributed by atoms with Crippen molar-refractivity contribution in [2.75, 3.05) is 5.33 Å². The molecule has 0 nitrogen and oxygen atoms in total. The predicted molar refractivity (Wildman–Crippen MR) is 60.9 cm³/mol. The molecule has 0 aromatic carbocycles. The number of alkyl halides is 1. The van der Waals surface area contributed by atoms with Gasteiger partial charge in [-0.05, 0) is 19.3 Å². The van der Waals surface area contributed by atoms with Crippen molar-refractivity contribution in [3.05, 3.63) is 12.2 Å². The normalized spacial score (nSPS) is 11.2. The lowest BCUT2D eigenvalue weighted by Crippen LogP contribution is -1.76. The lowest BCUT2D eigenvalue weighted by atomic mass is 10.1. The molecule has 0 N–H and O–H groups in total. The molecule has 0 saturated heterocycles. The van der Waals surface area contributed by atoms with Crippen LogP contribution in [0, 0.1) is 0 Å². The first kappa shape index (κ1) is 12.2. The molecular formula is C11H21Br. The fourth-order valence-corrected chi connectivity index (χ4v) is 1.43. The number of allylic oxidation sites excluding steroid dienone is 2. The molecule has 0 aliphatic carbocycles. The van der Waals surface area contributed by atoms with E-state index >= 15 is 0 Å². The van der Waals surface area contributed by atoms with Crippen molar-refractivity contribution in [3.63, 3.8) is 0 Å². The zero-order valence-electron chi connectivity index (χ0n) is 8.19. The van der Waals surface area contributed by atoms with E-state index in [2.05, 4.69) is 35.0 Å². The fraction of sp³-hybridized carbons (Fsp3) is 0.818. The zero-order chi connectivity index (χ0) is 9.07. The highest BCUT2D eigenvalue weighted by Crippen LogP contribution is 2.05. The SMILES string of the molecule is CCCCCCCC=CCCBr. The molecule has 0 aliphatic rings. The molecule has 0 saturated carbocycles. The van der Waals surface area contributed by atoms with Crippen LogP contribution in [0.4, 0.5) is 0 Å². The highest BCUT2D eigenvalue weighted by atomic mass is 79.9. The molecule has 0 spiro atoms. The highest BCUT2D eigenvalue weighted by molar-refractivity contribution is 9.09. The first-order chi connectivity index (χ1) is 5.91. The van der Waals surface area contributed by atoms with Crippen LogP contribution in [0.3, 0.4) is 0 Å². The van der Waals surface area contributed by atoms with Crippen molar-refractivity contribution >= 4 is 15.9 Å². The van der Waals surface area contributed by atoms with E-state index in [1.807, 2.05) is 0 Å². The number of unbranched alkanes of at least 4 members (excludes halogenated alkanes) is 5. The lowest BCUT2D eigenvalue weighted by Gasteiger charge is -1.95. The third kappa shape index (κ3) is 10.2. The van der Waals surface area contributed by atoms with Gasteiger partial charge in [0, 0.05) is 5.33 Å². The van der Waals surface area contributed by atoms with Gasteiger partial charge in [0.1, 0.15) is 0 Å². The van der Waals surface area contributed by atoms with Gasteiger partial charge in [0.05, 0.1) is 0 Å². The van der Waals surface area contributed by atoms with Crippen LogP contribution in [0.25, 0.3) is 0 Å². The molecule has 0 heterocycles. The number of hydrogen-bond acceptors (Lipinski definition) is 0. The predicted octanol–water partition coefficient (Wildman–Crippen LogP) is 4.69. The topological polar surface area (TPSA) is 0 Å². The van der Waals surface area contributed by atoms with E-state index < -0.39 is 0 Å². The summed E-state index contributed by atoms with van der Waals surface area (Å²) >= 11 is 3.40. The summed E-state index contributed by atoms with van der Waals surface area (Å²) in [6.07, 6.45) is 14.0. The Labute approximate surface area is 85.6 Å². The molecular weight excluding hydrogens is 212 g/mol. The van der Waals surface area contributed by atoms with Crippen molar-refractivity contribution in [1.82, 2.24) is 0 Å². The van der Waals surface area contributed by atoms with Gasteiger partial charge < -0.3 is 0 Å². The number of rotatable bonds is 8. The number of halogens is 1. The van der Waals surface area contributed by atoms with Crippen LogP contribution in [-0.4, -0.2) is 5.33 Å². The first-order valence-electron chi connectivity index (χ1n) is 5.12. The van der Waals surface area contributed by atoms with E-state index in [1.165, 1.54) is 44.9 Å². The number of hydrogen-bond donors (Lipinski definition) is 0. The summed E-state index contributed by atoms with van der Waals surface area (Å²) in [5, 5.41) is 1.10. The van der Waals surface area contributed by atoms with Gasteiger partial charge in [-0.15, -0.1) is 0 Å². The second-order valence-corrected chi connectivity index (χ2v) is 3.94. The minimum atomic E-state index is 1.10. The maximum absolute atomic E-state index is 3.40. The second-order valence-electron chi connectivity index (χ2n) is 3.15. The Hall–Kier alpha value is 0.220. The second kappa shape index (κ2) is 11.2. The molecule has 0 bridgehead atoms. The van der Waals surface area contributed by atoms with Crippen LogP contribution >= 0.6 is 15.9 Å². The Bertz CT molecular complexity index is 97.2. The molecule has 72 valence electrons. The Kier molecular flexibility index (Phi) is 11.4. The average molecular weight is 233 g/mol. The van der Waals surface area contributed by atoms with Gasteiger partial charge in [0.25, 0.3) is 0 Å². The van der Waals surface area contributed by atoms with Crippen LogP contribution in [0.5, 0.6) is 0 Å². The van der Waals surface area contributed by atoms with Crippen molar-refractivity contribution in [2.45, 2.75) is 51.9 Å². The van der Waals surface area contributed by atoms with Gasteiger partial charge in [-0.3, -0.25) is 0 Å². The summed E-state index contributed by atoms with van der Waals surface area (Å²) in [6.45, 7) is 2.26. The summed E-state index contributed by atoms with van der Waals surface area (Å²) in [5.41, 5.74) is 0. The monoisotopic (exact) mass is 232 g/mol. The van der Waals surface area contributed by atoms with Gasteiger partial charge in [0.2, 0.25) is 0 Å². The Morgan fingerprint density at radius 1 is 0.917 bits per heavy atom. The third-order valence-corrected chi connectivity index (χ3v) is 2.37. The summed E-state index contributed by atoms with van der Waals surface area (Å²) < 4.78 is 0. The molecule has 0 radical (unpaired) electrons. The molecule has 0 aromatic heterocycles. The van der Waals surface area contributed by atoms with Gasteiger partial charge >= 0.3 is 0 Å². The molecule has 1 heteroatoms. The van der Waals surface area contributed by atoms with E-state index in [1.54, 1.807) is 0 Å². The largest absolute Gasteiger partial charge is 0.0925 e. The quantitative estimate of drug-likeness (QED) is 0.324. The Morgan fingerprint density at radius 3 is 2.25 bits per heavy atom. The molecule has 0 rings (SSSR count). The standard InChI is InChI=1S/C11H21Br/c1-2-3-4-5-6-7-8-9-10-11-12/h8-9H,2-7,10-11H2,1H3. The van der Waals surface area contributed by atoms with Gasteiger partial charge in [-0.25, -0.2) is 0 Å². The molecule has 0 amide bonds. The summed E-state index contributed by atoms with van der Waals surface area (Å²) in [6, 6.07) is 0. The fourth-order valence-electron chi connectivity index (χ4n) is 1.16. The van der Waals surface area contributed by atoms with E-state index in [0.717, 1.165) is 5.33 Å². The van der Waals surface area contributed by atoms with Crippen molar-refractivity contribution in [1.29, 1.82) is 0 Å². The first-order valence-corrected chi connectivity index (χ1v) is 6.25. The summed E-state index contributed by atoms with van der Waals surface area (Å²) in [5.74, 6) is 0. The van der Waals surface area contributed by atoms with Crippen molar-refractivity contribution in [2.24, 2.45) is 0 Å².